The first kappa shape index (κ1) is 18.4. The van der Waals surface area contributed by atoms with Crippen molar-refractivity contribution in [3.8, 4) is 0 Å². The molecule has 136 valence electrons. The van der Waals surface area contributed by atoms with E-state index in [4.69, 9.17) is 11.6 Å². The summed E-state index contributed by atoms with van der Waals surface area (Å²) in [4.78, 5) is 14.4. The first-order valence-electron chi connectivity index (χ1n) is 8.40. The molecule has 0 saturated carbocycles. The summed E-state index contributed by atoms with van der Waals surface area (Å²) in [5, 5.41) is 4.12. The molecule has 0 bridgehead atoms. The standard InChI is InChI=1S/C20H21ClFN3O/c1-24(2)10-11-25-9-8-14-12-15(6-7-19(14)25)23-20(26)13-16-17(21)4-3-5-18(16)22/h3-9,12H,10-11,13H2,1-2H3,(H,23,26). The third kappa shape index (κ3) is 4.23. The fourth-order valence-electron chi connectivity index (χ4n) is 2.85. The van der Waals surface area contributed by atoms with Crippen LogP contribution >= 0.6 is 11.6 Å². The topological polar surface area (TPSA) is 37.3 Å². The van der Waals surface area contributed by atoms with Crippen molar-refractivity contribution in [3.63, 3.8) is 0 Å². The van der Waals surface area contributed by atoms with Crippen LogP contribution in [0.25, 0.3) is 10.9 Å². The molecule has 2 aromatic carbocycles. The van der Waals surface area contributed by atoms with Crippen LogP contribution in [0.4, 0.5) is 10.1 Å². The summed E-state index contributed by atoms with van der Waals surface area (Å²) in [7, 11) is 4.09. The molecule has 1 aromatic heterocycles. The molecular weight excluding hydrogens is 353 g/mol. The minimum atomic E-state index is -0.471. The number of halogens is 2. The monoisotopic (exact) mass is 373 g/mol. The highest BCUT2D eigenvalue weighted by Gasteiger charge is 2.12. The Kier molecular flexibility index (Phi) is 5.59. The van der Waals surface area contributed by atoms with Gasteiger partial charge in [-0.2, -0.15) is 0 Å². The number of nitrogens with one attached hydrogen (secondary N) is 1. The van der Waals surface area contributed by atoms with Gasteiger partial charge in [0.25, 0.3) is 0 Å². The largest absolute Gasteiger partial charge is 0.346 e. The van der Waals surface area contributed by atoms with E-state index in [1.54, 1.807) is 6.07 Å². The number of nitrogens with zero attached hydrogens (tertiary/aromatic N) is 2. The lowest BCUT2D eigenvalue weighted by atomic mass is 10.1. The lowest BCUT2D eigenvalue weighted by Crippen LogP contribution is -2.18. The van der Waals surface area contributed by atoms with Crippen LogP contribution in [-0.4, -0.2) is 36.0 Å². The maximum Gasteiger partial charge on any atom is 0.228 e. The number of aromatic nitrogens is 1. The summed E-state index contributed by atoms with van der Waals surface area (Å²) in [6, 6.07) is 12.2. The molecule has 4 nitrogen and oxygen atoms in total. The van der Waals surface area contributed by atoms with E-state index in [1.807, 2.05) is 44.6 Å². The number of anilines is 1. The average molecular weight is 374 g/mol. The number of fused-ring (bicyclic) bond motifs is 1. The average Bonchev–Trinajstić information content (AvgIpc) is 2.99. The highest BCUT2D eigenvalue weighted by atomic mass is 35.5. The minimum Gasteiger partial charge on any atom is -0.346 e. The van der Waals surface area contributed by atoms with E-state index in [2.05, 4.69) is 14.8 Å². The van der Waals surface area contributed by atoms with Gasteiger partial charge in [0.2, 0.25) is 5.91 Å². The predicted octanol–water partition coefficient (Wildman–Crippen LogP) is 4.18. The summed E-state index contributed by atoms with van der Waals surface area (Å²) in [5.41, 5.74) is 2.00. The van der Waals surface area contributed by atoms with Gasteiger partial charge in [-0.05, 0) is 50.5 Å². The fraction of sp³-hybridized carbons (Fsp3) is 0.250. The highest BCUT2D eigenvalue weighted by Crippen LogP contribution is 2.22. The van der Waals surface area contributed by atoms with Crippen molar-refractivity contribution in [2.24, 2.45) is 0 Å². The number of amides is 1. The molecule has 0 saturated heterocycles. The van der Waals surface area contributed by atoms with E-state index in [9.17, 15) is 9.18 Å². The van der Waals surface area contributed by atoms with Crippen molar-refractivity contribution in [1.82, 2.24) is 9.47 Å². The van der Waals surface area contributed by atoms with Crippen LogP contribution in [0.15, 0.2) is 48.7 Å². The van der Waals surface area contributed by atoms with Gasteiger partial charge in [-0.15, -0.1) is 0 Å². The zero-order valence-corrected chi connectivity index (χ0v) is 15.6. The minimum absolute atomic E-state index is 0.104. The number of hydrogen-bond donors (Lipinski definition) is 1. The molecule has 6 heteroatoms. The highest BCUT2D eigenvalue weighted by molar-refractivity contribution is 6.31. The lowest BCUT2D eigenvalue weighted by molar-refractivity contribution is -0.115. The number of likely N-dealkylation sites (N-methyl/N-ethyl adjacent to an activating group) is 1. The first-order chi connectivity index (χ1) is 12.4. The Morgan fingerprint density at radius 2 is 2.04 bits per heavy atom. The van der Waals surface area contributed by atoms with Crippen LogP contribution in [0.1, 0.15) is 5.56 Å². The summed E-state index contributed by atoms with van der Waals surface area (Å²) in [6.07, 6.45) is 1.94. The zero-order chi connectivity index (χ0) is 18.7. The predicted molar refractivity (Wildman–Crippen MR) is 104 cm³/mol. The van der Waals surface area contributed by atoms with Crippen molar-refractivity contribution >= 4 is 34.1 Å². The summed E-state index contributed by atoms with van der Waals surface area (Å²) < 4.78 is 16.0. The van der Waals surface area contributed by atoms with Crippen LogP contribution in [0.3, 0.4) is 0 Å². The van der Waals surface area contributed by atoms with Crippen LogP contribution in [0, 0.1) is 5.82 Å². The van der Waals surface area contributed by atoms with E-state index in [0.29, 0.717) is 5.69 Å². The Hall–Kier alpha value is -2.37. The first-order valence-corrected chi connectivity index (χ1v) is 8.78. The van der Waals surface area contributed by atoms with Crippen molar-refractivity contribution in [2.75, 3.05) is 26.0 Å². The van der Waals surface area contributed by atoms with E-state index >= 15 is 0 Å². The molecule has 0 aliphatic rings. The van der Waals surface area contributed by atoms with E-state index in [1.165, 1.54) is 12.1 Å². The molecule has 0 radical (unpaired) electrons. The summed E-state index contributed by atoms with van der Waals surface area (Å²) in [5.74, 6) is -0.774. The van der Waals surface area contributed by atoms with E-state index in [-0.39, 0.29) is 22.9 Å². The molecule has 1 heterocycles. The number of carbonyl (C=O) groups is 1. The van der Waals surface area contributed by atoms with Gasteiger partial charge in [-0.25, -0.2) is 4.39 Å². The zero-order valence-electron chi connectivity index (χ0n) is 14.8. The number of hydrogen-bond acceptors (Lipinski definition) is 2. The Morgan fingerprint density at radius 3 is 2.77 bits per heavy atom. The molecule has 0 fully saturated rings. The smallest absolute Gasteiger partial charge is 0.228 e. The Bertz CT molecular complexity index is 916. The maximum absolute atomic E-state index is 13.8. The quantitative estimate of drug-likeness (QED) is 0.704. The molecule has 0 atom stereocenters. The number of rotatable bonds is 6. The summed E-state index contributed by atoms with van der Waals surface area (Å²) in [6.45, 7) is 1.85. The number of benzene rings is 2. The van der Waals surface area contributed by atoms with Crippen molar-refractivity contribution in [3.05, 3.63) is 65.1 Å². The lowest BCUT2D eigenvalue weighted by Gasteiger charge is -2.11. The van der Waals surface area contributed by atoms with Gasteiger partial charge in [0.15, 0.2) is 0 Å². The molecule has 3 rings (SSSR count). The molecule has 1 N–H and O–H groups in total. The van der Waals surface area contributed by atoms with Crippen molar-refractivity contribution in [2.45, 2.75) is 13.0 Å². The Morgan fingerprint density at radius 1 is 1.23 bits per heavy atom. The van der Waals surface area contributed by atoms with Gasteiger partial charge in [0, 0.05) is 46.5 Å². The normalized spacial score (nSPS) is 11.3. The third-order valence-corrected chi connectivity index (χ3v) is 4.60. The van der Waals surface area contributed by atoms with Crippen LogP contribution < -0.4 is 5.32 Å². The van der Waals surface area contributed by atoms with Gasteiger partial charge in [-0.1, -0.05) is 17.7 Å². The van der Waals surface area contributed by atoms with Gasteiger partial charge in [-0.3, -0.25) is 4.79 Å². The molecular formula is C20H21ClFN3O. The SMILES string of the molecule is CN(C)CCn1ccc2cc(NC(=O)Cc3c(F)cccc3Cl)ccc21. The maximum atomic E-state index is 13.8. The third-order valence-electron chi connectivity index (χ3n) is 4.24. The van der Waals surface area contributed by atoms with Crippen LogP contribution in [0.5, 0.6) is 0 Å². The molecule has 0 aliphatic heterocycles. The second kappa shape index (κ2) is 7.89. The van der Waals surface area contributed by atoms with Crippen LogP contribution in [0.2, 0.25) is 5.02 Å². The molecule has 0 unspecified atom stereocenters. The van der Waals surface area contributed by atoms with Crippen molar-refractivity contribution < 1.29 is 9.18 Å². The van der Waals surface area contributed by atoms with Gasteiger partial charge >= 0.3 is 0 Å². The fourth-order valence-corrected chi connectivity index (χ4v) is 3.08. The molecule has 0 spiro atoms. The van der Waals surface area contributed by atoms with Gasteiger partial charge < -0.3 is 14.8 Å². The molecule has 3 aromatic rings. The second-order valence-electron chi connectivity index (χ2n) is 6.51. The van der Waals surface area contributed by atoms with Gasteiger partial charge in [0.05, 0.1) is 6.42 Å². The van der Waals surface area contributed by atoms with Crippen molar-refractivity contribution in [1.29, 1.82) is 0 Å². The van der Waals surface area contributed by atoms with E-state index in [0.717, 1.165) is 24.0 Å². The molecule has 0 aliphatic carbocycles. The van der Waals surface area contributed by atoms with E-state index < -0.39 is 5.82 Å². The Labute approximate surface area is 157 Å². The van der Waals surface area contributed by atoms with Gasteiger partial charge in [0.1, 0.15) is 5.82 Å². The molecule has 1 amide bonds. The second-order valence-corrected chi connectivity index (χ2v) is 6.92. The Balaban J connectivity index is 1.72. The van der Waals surface area contributed by atoms with Crippen LogP contribution in [-0.2, 0) is 17.8 Å². The number of carbonyl (C=O) groups excluding carboxylic acids is 1. The molecule has 26 heavy (non-hydrogen) atoms. The summed E-state index contributed by atoms with van der Waals surface area (Å²) >= 11 is 5.98.